The van der Waals surface area contributed by atoms with Gasteiger partial charge in [-0.3, -0.25) is 4.79 Å². The largest absolute Gasteiger partial charge is 0.394 e. The molecule has 0 radical (unpaired) electrons. The van der Waals surface area contributed by atoms with Crippen LogP contribution in [0.15, 0.2) is 72.9 Å². The summed E-state index contributed by atoms with van der Waals surface area (Å²) in [5.41, 5.74) is 0. The van der Waals surface area contributed by atoms with Crippen molar-refractivity contribution < 1.29 is 64.6 Å². The van der Waals surface area contributed by atoms with Crippen molar-refractivity contribution in [3.63, 3.8) is 0 Å². The first-order valence-corrected chi connectivity index (χ1v) is 35.2. The summed E-state index contributed by atoms with van der Waals surface area (Å²) in [5, 5.41) is 87.4. The maximum Gasteiger partial charge on any atom is 0.220 e. The average Bonchev–Trinajstić information content (AvgIpc) is 2.54. The third-order valence-electron chi connectivity index (χ3n) is 16.9. The standard InChI is InChI=1S/C72H129NO13/c1-3-5-7-9-11-13-15-17-19-21-23-25-26-27-28-29-30-31-32-33-34-36-37-39-41-43-45-47-49-51-53-55-61(76)60(59-83-71-69(82)67(80)70(63(58-75)85-71)86-72-68(81)66(79)65(78)62(57-74)84-72)73-64(77)56-54-52-50-48-46-44-42-40-38-35-24-22-20-18-16-14-12-10-8-6-4-2/h6,8,12,14,18,20,24,35,45,47,53,55,60-63,65-72,74-76,78-82H,3-5,7,9-11,13,15-17,19,21-23,25-34,36-44,46,48-52,54,56-59H2,1-2H3,(H,73,77)/b8-6-,14-12-,20-18-,35-24-,47-45+,55-53+. The molecule has 0 aromatic heterocycles. The predicted molar refractivity (Wildman–Crippen MR) is 350 cm³/mol. The number of carbonyl (C=O) groups excluding carboxylic acids is 1. The Hall–Kier alpha value is -2.57. The maximum absolute atomic E-state index is 13.3. The monoisotopic (exact) mass is 1220 g/mol. The van der Waals surface area contributed by atoms with Gasteiger partial charge in [0, 0.05) is 6.42 Å². The zero-order valence-corrected chi connectivity index (χ0v) is 54.3. The summed E-state index contributed by atoms with van der Waals surface area (Å²) in [6, 6.07) is -0.942. The summed E-state index contributed by atoms with van der Waals surface area (Å²) in [6.45, 7) is 2.69. The zero-order chi connectivity index (χ0) is 62.3. The molecule has 86 heavy (non-hydrogen) atoms. The van der Waals surface area contributed by atoms with E-state index in [0.29, 0.717) is 12.8 Å². The van der Waals surface area contributed by atoms with Crippen molar-refractivity contribution in [3.8, 4) is 0 Å². The lowest BCUT2D eigenvalue weighted by molar-refractivity contribution is -0.359. The molecule has 2 fully saturated rings. The van der Waals surface area contributed by atoms with Crippen molar-refractivity contribution in [2.75, 3.05) is 19.8 Å². The number of amides is 1. The Labute approximate surface area is 523 Å². The number of aliphatic hydroxyl groups excluding tert-OH is 8. The molecule has 2 aliphatic rings. The Bertz CT molecular complexity index is 1720. The summed E-state index contributed by atoms with van der Waals surface area (Å²) in [7, 11) is 0. The minimum atomic E-state index is -1.80. The number of allylic oxidation sites excluding steroid dienone is 11. The van der Waals surface area contributed by atoms with Crippen LogP contribution in [0.4, 0.5) is 0 Å². The summed E-state index contributed by atoms with van der Waals surface area (Å²) in [4.78, 5) is 13.3. The molecule has 12 atom stereocenters. The van der Waals surface area contributed by atoms with Gasteiger partial charge < -0.3 is 65.1 Å². The van der Waals surface area contributed by atoms with Gasteiger partial charge in [-0.25, -0.2) is 0 Å². The molecule has 0 aromatic rings. The molecule has 0 saturated carbocycles. The summed E-state index contributed by atoms with van der Waals surface area (Å²) < 4.78 is 22.8. The minimum Gasteiger partial charge on any atom is -0.394 e. The average molecular weight is 1220 g/mol. The van der Waals surface area contributed by atoms with Crippen molar-refractivity contribution in [1.82, 2.24) is 5.32 Å². The van der Waals surface area contributed by atoms with Crippen LogP contribution >= 0.6 is 0 Å². The highest BCUT2D eigenvalue weighted by molar-refractivity contribution is 5.76. The van der Waals surface area contributed by atoms with Gasteiger partial charge in [0.05, 0.1) is 32.0 Å². The summed E-state index contributed by atoms with van der Waals surface area (Å²) in [6.07, 6.45) is 59.7. The van der Waals surface area contributed by atoms with Gasteiger partial charge in [0.15, 0.2) is 12.6 Å². The van der Waals surface area contributed by atoms with Gasteiger partial charge in [-0.05, 0) is 70.6 Å². The lowest BCUT2D eigenvalue weighted by atomic mass is 9.97. The van der Waals surface area contributed by atoms with Gasteiger partial charge in [-0.15, -0.1) is 0 Å². The van der Waals surface area contributed by atoms with Gasteiger partial charge in [0.25, 0.3) is 0 Å². The maximum atomic E-state index is 13.3. The Morgan fingerprint density at radius 2 is 0.814 bits per heavy atom. The summed E-state index contributed by atoms with van der Waals surface area (Å²) in [5.74, 6) is -0.257. The van der Waals surface area contributed by atoms with Crippen molar-refractivity contribution >= 4 is 5.91 Å². The molecule has 2 heterocycles. The molecule has 2 aliphatic heterocycles. The number of hydrogen-bond acceptors (Lipinski definition) is 13. The fourth-order valence-corrected chi connectivity index (χ4v) is 11.3. The number of carbonyl (C=O) groups is 1. The van der Waals surface area contributed by atoms with Crippen LogP contribution in [-0.2, 0) is 23.7 Å². The van der Waals surface area contributed by atoms with Crippen molar-refractivity contribution in [2.24, 2.45) is 0 Å². The first kappa shape index (κ1) is 79.5. The Morgan fingerprint density at radius 1 is 0.430 bits per heavy atom. The molecule has 2 rings (SSSR count). The fraction of sp³-hybridized carbons (Fsp3) is 0.819. The number of aliphatic hydroxyl groups is 8. The topological polar surface area (TPSA) is 228 Å². The van der Waals surface area contributed by atoms with Crippen LogP contribution in [0.2, 0.25) is 0 Å². The molecular formula is C72H129NO13. The highest BCUT2D eigenvalue weighted by Crippen LogP contribution is 2.30. The summed E-state index contributed by atoms with van der Waals surface area (Å²) >= 11 is 0. The van der Waals surface area contributed by atoms with Gasteiger partial charge in [0.1, 0.15) is 48.8 Å². The predicted octanol–water partition coefficient (Wildman–Crippen LogP) is 14.2. The van der Waals surface area contributed by atoms with Crippen LogP contribution in [0.25, 0.3) is 0 Å². The third-order valence-corrected chi connectivity index (χ3v) is 16.9. The third kappa shape index (κ3) is 40.2. The van der Waals surface area contributed by atoms with Gasteiger partial charge in [-0.1, -0.05) is 279 Å². The Balaban J connectivity index is 1.69. The lowest BCUT2D eigenvalue weighted by Crippen LogP contribution is -2.65. The second-order valence-electron chi connectivity index (χ2n) is 24.6. The van der Waals surface area contributed by atoms with Crippen LogP contribution < -0.4 is 5.32 Å². The second kappa shape index (κ2) is 56.4. The van der Waals surface area contributed by atoms with E-state index < -0.39 is 86.8 Å². The molecule has 2 saturated heterocycles. The molecule has 500 valence electrons. The van der Waals surface area contributed by atoms with Crippen molar-refractivity contribution in [1.29, 1.82) is 0 Å². The van der Waals surface area contributed by atoms with E-state index in [4.69, 9.17) is 18.9 Å². The van der Waals surface area contributed by atoms with E-state index >= 15 is 0 Å². The van der Waals surface area contributed by atoms with Crippen LogP contribution in [-0.4, -0.2) is 140 Å². The van der Waals surface area contributed by atoms with Crippen molar-refractivity contribution in [2.45, 2.75) is 357 Å². The highest BCUT2D eigenvalue weighted by Gasteiger charge is 2.51. The lowest BCUT2D eigenvalue weighted by Gasteiger charge is -2.46. The quantitative estimate of drug-likeness (QED) is 0.0204. The van der Waals surface area contributed by atoms with E-state index in [1.54, 1.807) is 6.08 Å². The second-order valence-corrected chi connectivity index (χ2v) is 24.6. The van der Waals surface area contributed by atoms with E-state index in [2.05, 4.69) is 79.9 Å². The normalized spacial score (nSPS) is 23.8. The zero-order valence-electron chi connectivity index (χ0n) is 54.3. The van der Waals surface area contributed by atoms with E-state index in [1.807, 2.05) is 6.08 Å². The number of rotatable bonds is 57. The van der Waals surface area contributed by atoms with E-state index in [0.717, 1.165) is 70.6 Å². The number of ether oxygens (including phenoxy) is 4. The Kier molecular flexibility index (Phi) is 52.2. The first-order chi connectivity index (χ1) is 42.1. The number of nitrogens with one attached hydrogen (secondary N) is 1. The first-order valence-electron chi connectivity index (χ1n) is 35.2. The molecule has 0 aromatic carbocycles. The van der Waals surface area contributed by atoms with E-state index in [1.165, 1.54) is 180 Å². The molecule has 9 N–H and O–H groups in total. The molecule has 12 unspecified atom stereocenters. The minimum absolute atomic E-state index is 0.257. The smallest absolute Gasteiger partial charge is 0.220 e. The molecule has 1 amide bonds. The van der Waals surface area contributed by atoms with Gasteiger partial charge >= 0.3 is 0 Å². The number of unbranched alkanes of at least 4 members (excludes halogenated alkanes) is 34. The van der Waals surface area contributed by atoms with Crippen LogP contribution in [0, 0.1) is 0 Å². The molecule has 0 bridgehead atoms. The number of hydrogen-bond donors (Lipinski definition) is 9. The SMILES string of the molecule is CC/C=C\C/C=C\C/C=C\C/C=C\CCCCCCCCCCC(=O)NC(COC1OC(CO)C(OC2OC(CO)C(O)C(O)C2O)C(O)C1O)C(O)/C=C/CC/C=C/CCCCCCCCCCCCCCCCCCCCCCCCCCC. The Morgan fingerprint density at radius 3 is 1.28 bits per heavy atom. The highest BCUT2D eigenvalue weighted by atomic mass is 16.7. The van der Waals surface area contributed by atoms with Gasteiger partial charge in [0.2, 0.25) is 5.91 Å². The molecular weight excluding hydrogens is 1090 g/mol. The van der Waals surface area contributed by atoms with Crippen LogP contribution in [0.3, 0.4) is 0 Å². The van der Waals surface area contributed by atoms with Gasteiger partial charge in [-0.2, -0.15) is 0 Å². The van der Waals surface area contributed by atoms with Crippen LogP contribution in [0.1, 0.15) is 284 Å². The molecule has 0 aliphatic carbocycles. The van der Waals surface area contributed by atoms with Crippen LogP contribution in [0.5, 0.6) is 0 Å². The molecule has 14 nitrogen and oxygen atoms in total. The fourth-order valence-electron chi connectivity index (χ4n) is 11.3. The van der Waals surface area contributed by atoms with E-state index in [-0.39, 0.29) is 18.9 Å². The van der Waals surface area contributed by atoms with E-state index in [9.17, 15) is 45.6 Å². The van der Waals surface area contributed by atoms with Crippen molar-refractivity contribution in [3.05, 3.63) is 72.9 Å². The molecule has 0 spiro atoms. The molecule has 14 heteroatoms.